The van der Waals surface area contributed by atoms with Crippen molar-refractivity contribution in [2.45, 2.75) is 31.7 Å². The molecule has 2 rings (SSSR count). The largest absolute Gasteiger partial charge is 0.493 e. The number of nitrogens with zero attached hydrogens (tertiary/aromatic N) is 1. The van der Waals surface area contributed by atoms with Gasteiger partial charge in [-0.3, -0.25) is 0 Å². The molecule has 25 heavy (non-hydrogen) atoms. The van der Waals surface area contributed by atoms with Crippen LogP contribution in [-0.4, -0.2) is 30.6 Å². The lowest BCUT2D eigenvalue weighted by Gasteiger charge is -2.22. The Hall–Kier alpha value is -2.46. The maximum atomic E-state index is 13.2. The average Bonchev–Trinajstić information content (AvgIpc) is 2.45. The molecule has 138 valence electrons. The maximum absolute atomic E-state index is 13.2. The number of hydrogen-bond acceptors (Lipinski definition) is 3. The van der Waals surface area contributed by atoms with Crippen LogP contribution in [0.3, 0.4) is 0 Å². The smallest absolute Gasteiger partial charge is 0.419 e. The summed E-state index contributed by atoms with van der Waals surface area (Å²) in [7, 11) is 0. The number of rotatable bonds is 4. The molecule has 11 heteroatoms. The minimum absolute atomic E-state index is 0.0514. The van der Waals surface area contributed by atoms with Crippen molar-refractivity contribution in [1.82, 2.24) is 10.7 Å². The van der Waals surface area contributed by atoms with Crippen molar-refractivity contribution >= 4 is 11.7 Å². The summed E-state index contributed by atoms with van der Waals surface area (Å²) in [5, 5.41) is 6.14. The molecule has 2 N–H and O–H groups in total. The van der Waals surface area contributed by atoms with E-state index in [1.165, 1.54) is 13.0 Å². The summed E-state index contributed by atoms with van der Waals surface area (Å²) in [5.74, 6) is -0.707. The van der Waals surface area contributed by atoms with Crippen molar-refractivity contribution in [2.75, 3.05) is 6.61 Å². The van der Waals surface area contributed by atoms with Gasteiger partial charge in [0.25, 0.3) is 0 Å². The van der Waals surface area contributed by atoms with Gasteiger partial charge in [-0.25, -0.2) is 10.2 Å². The van der Waals surface area contributed by atoms with E-state index in [-0.39, 0.29) is 11.3 Å². The molecule has 2 amide bonds. The van der Waals surface area contributed by atoms with Crippen LogP contribution in [0, 0.1) is 0 Å². The Morgan fingerprint density at radius 1 is 1.20 bits per heavy atom. The Labute approximate surface area is 138 Å². The second-order valence-electron chi connectivity index (χ2n) is 5.23. The van der Waals surface area contributed by atoms with Crippen LogP contribution in [0.1, 0.15) is 24.5 Å². The van der Waals surface area contributed by atoms with Crippen LogP contribution >= 0.6 is 0 Å². The lowest BCUT2D eigenvalue weighted by Crippen LogP contribution is -2.48. The Balaban J connectivity index is 2.30. The summed E-state index contributed by atoms with van der Waals surface area (Å²) in [6.07, 6.45) is -10.7. The molecule has 0 unspecified atom stereocenters. The average molecular weight is 369 g/mol. The molecule has 1 aliphatic rings. The zero-order chi connectivity index (χ0) is 18.8. The third kappa shape index (κ3) is 5.00. The summed E-state index contributed by atoms with van der Waals surface area (Å²) in [6, 6.07) is 1.63. The summed E-state index contributed by atoms with van der Waals surface area (Å²) in [5.41, 5.74) is 1.06. The van der Waals surface area contributed by atoms with E-state index in [0.29, 0.717) is 0 Å². The molecule has 0 radical (unpaired) electrons. The van der Waals surface area contributed by atoms with Gasteiger partial charge in [0.15, 0.2) is 0 Å². The number of amides is 2. The summed E-state index contributed by atoms with van der Waals surface area (Å²) in [4.78, 5) is 11.1. The fraction of sp³-hybridized carbons (Fsp3) is 0.429. The summed E-state index contributed by atoms with van der Waals surface area (Å²) < 4.78 is 80.6. The molecule has 1 atom stereocenters. The van der Waals surface area contributed by atoms with E-state index in [9.17, 15) is 31.1 Å². The molecule has 0 saturated carbocycles. The number of halogens is 6. The molecule has 0 spiro atoms. The number of carbonyl (C=O) groups excluding carboxylic acids is 1. The van der Waals surface area contributed by atoms with E-state index in [1.807, 2.05) is 0 Å². The quantitative estimate of drug-likeness (QED) is 0.799. The highest BCUT2D eigenvalue weighted by Crippen LogP contribution is 2.37. The molecule has 1 heterocycles. The number of alkyl halides is 6. The Bertz CT molecular complexity index is 684. The predicted octanol–water partition coefficient (Wildman–Crippen LogP) is 3.44. The number of hydrazone groups is 1. The standard InChI is InChI=1S/C14H13F6N3O2/c1-7-11(22-23-12(24)21-7)8-2-3-10(9(6-8)14(18,19)20)25-5-4-13(15,16)17/h2-3,6-7H,4-5H2,1H3,(H2,21,23,24)/t7-/m0/s1. The molecule has 1 aliphatic heterocycles. The molecular weight excluding hydrogens is 356 g/mol. The first-order chi connectivity index (χ1) is 11.5. The van der Waals surface area contributed by atoms with Gasteiger partial charge in [0, 0.05) is 5.56 Å². The number of ether oxygens (including phenoxy) is 1. The van der Waals surface area contributed by atoms with E-state index < -0.39 is 48.8 Å². The van der Waals surface area contributed by atoms with Crippen molar-refractivity contribution in [3.63, 3.8) is 0 Å². The highest BCUT2D eigenvalue weighted by Gasteiger charge is 2.36. The van der Waals surface area contributed by atoms with Gasteiger partial charge in [0.1, 0.15) is 5.75 Å². The Morgan fingerprint density at radius 2 is 1.88 bits per heavy atom. The van der Waals surface area contributed by atoms with E-state index in [2.05, 4.69) is 20.6 Å². The molecule has 1 aromatic rings. The highest BCUT2D eigenvalue weighted by molar-refractivity contribution is 6.07. The predicted molar refractivity (Wildman–Crippen MR) is 75.3 cm³/mol. The third-order valence-corrected chi connectivity index (χ3v) is 3.26. The van der Waals surface area contributed by atoms with E-state index in [1.54, 1.807) is 0 Å². The van der Waals surface area contributed by atoms with Gasteiger partial charge in [0.05, 0.1) is 30.3 Å². The first-order valence-corrected chi connectivity index (χ1v) is 7.02. The monoisotopic (exact) mass is 369 g/mol. The molecule has 1 aromatic carbocycles. The van der Waals surface area contributed by atoms with Crippen molar-refractivity contribution in [3.8, 4) is 5.75 Å². The van der Waals surface area contributed by atoms with Crippen LogP contribution in [0.25, 0.3) is 0 Å². The van der Waals surface area contributed by atoms with E-state index in [4.69, 9.17) is 0 Å². The number of urea groups is 1. The lowest BCUT2D eigenvalue weighted by atomic mass is 10.0. The van der Waals surface area contributed by atoms with Gasteiger partial charge >= 0.3 is 18.4 Å². The maximum Gasteiger partial charge on any atom is 0.419 e. The number of hydrogen-bond donors (Lipinski definition) is 2. The fourth-order valence-corrected chi connectivity index (χ4v) is 2.13. The van der Waals surface area contributed by atoms with E-state index >= 15 is 0 Å². The fourth-order valence-electron chi connectivity index (χ4n) is 2.13. The van der Waals surface area contributed by atoms with Gasteiger partial charge in [-0.2, -0.15) is 31.4 Å². The van der Waals surface area contributed by atoms with Gasteiger partial charge in [-0.15, -0.1) is 0 Å². The number of nitrogens with one attached hydrogen (secondary N) is 2. The van der Waals surface area contributed by atoms with Gasteiger partial charge < -0.3 is 10.1 Å². The summed E-state index contributed by atoms with van der Waals surface area (Å²) >= 11 is 0. The molecule has 0 aromatic heterocycles. The molecule has 5 nitrogen and oxygen atoms in total. The number of carbonyl (C=O) groups is 1. The molecule has 0 bridgehead atoms. The summed E-state index contributed by atoms with van der Waals surface area (Å²) in [6.45, 7) is 0.597. The Morgan fingerprint density at radius 3 is 2.44 bits per heavy atom. The second kappa shape index (κ2) is 6.81. The second-order valence-corrected chi connectivity index (χ2v) is 5.23. The zero-order valence-electron chi connectivity index (χ0n) is 12.8. The molecule has 0 fully saturated rings. The topological polar surface area (TPSA) is 62.7 Å². The van der Waals surface area contributed by atoms with Crippen molar-refractivity contribution in [1.29, 1.82) is 0 Å². The van der Waals surface area contributed by atoms with Crippen LogP contribution in [0.2, 0.25) is 0 Å². The normalized spacial score (nSPS) is 18.3. The van der Waals surface area contributed by atoms with Crippen molar-refractivity contribution in [3.05, 3.63) is 29.3 Å². The molecule has 0 saturated heterocycles. The minimum Gasteiger partial charge on any atom is -0.493 e. The van der Waals surface area contributed by atoms with Crippen LogP contribution in [0.4, 0.5) is 31.1 Å². The third-order valence-electron chi connectivity index (χ3n) is 3.26. The van der Waals surface area contributed by atoms with Gasteiger partial charge in [0.2, 0.25) is 0 Å². The van der Waals surface area contributed by atoms with Crippen LogP contribution in [0.15, 0.2) is 23.3 Å². The zero-order valence-corrected chi connectivity index (χ0v) is 12.8. The first-order valence-electron chi connectivity index (χ1n) is 7.02. The SMILES string of the molecule is C[C@@H]1NC(=O)NN=C1c1ccc(OCCC(F)(F)F)c(C(F)(F)F)c1. The first kappa shape index (κ1) is 18.9. The van der Waals surface area contributed by atoms with Crippen LogP contribution in [0.5, 0.6) is 5.75 Å². The van der Waals surface area contributed by atoms with Gasteiger partial charge in [-0.1, -0.05) is 0 Å². The van der Waals surface area contributed by atoms with Crippen LogP contribution < -0.4 is 15.5 Å². The van der Waals surface area contributed by atoms with E-state index in [0.717, 1.165) is 12.1 Å². The highest BCUT2D eigenvalue weighted by atomic mass is 19.4. The lowest BCUT2D eigenvalue weighted by molar-refractivity contribution is -0.143. The van der Waals surface area contributed by atoms with Crippen molar-refractivity contribution in [2.24, 2.45) is 5.10 Å². The molecule has 0 aliphatic carbocycles. The van der Waals surface area contributed by atoms with Crippen LogP contribution in [-0.2, 0) is 6.18 Å². The number of benzene rings is 1. The minimum atomic E-state index is -4.83. The van der Waals surface area contributed by atoms with Gasteiger partial charge in [-0.05, 0) is 25.1 Å². The molecular formula is C14H13F6N3O2. The van der Waals surface area contributed by atoms with Crippen molar-refractivity contribution < 1.29 is 35.9 Å². The Kier molecular flexibility index (Phi) is 5.14.